The van der Waals surface area contributed by atoms with Gasteiger partial charge in [-0.1, -0.05) is 13.8 Å². The number of aliphatic hydroxyl groups is 2. The van der Waals surface area contributed by atoms with Crippen LogP contribution in [0.3, 0.4) is 0 Å². The number of hydrogen-bond acceptors (Lipinski definition) is 5. The minimum Gasteiger partial charge on any atom is -0.503 e. The predicted molar refractivity (Wildman–Crippen MR) is 81.3 cm³/mol. The first-order valence-electron chi connectivity index (χ1n) is 7.40. The second kappa shape index (κ2) is 8.17. The Kier molecular flexibility index (Phi) is 6.87. The Morgan fingerprint density at radius 2 is 2.00 bits per heavy atom. The molecule has 0 aliphatic carbocycles. The van der Waals surface area contributed by atoms with Crippen molar-refractivity contribution in [2.75, 3.05) is 19.7 Å². The van der Waals surface area contributed by atoms with Gasteiger partial charge in [-0.3, -0.25) is 9.69 Å². The molecular weight excluding hydrogens is 272 g/mol. The van der Waals surface area contributed by atoms with Crippen LogP contribution in [0.25, 0.3) is 0 Å². The Bertz CT molecular complexity index is 513. The lowest BCUT2D eigenvalue weighted by atomic mass is 10.1. The Balaban J connectivity index is 3.38. The molecule has 0 spiro atoms. The van der Waals surface area contributed by atoms with Crippen molar-refractivity contribution in [3.63, 3.8) is 0 Å². The summed E-state index contributed by atoms with van der Waals surface area (Å²) in [5, 5.41) is 28.7. The number of aromatic hydroxyl groups is 1. The first-order chi connectivity index (χ1) is 9.99. The Morgan fingerprint density at radius 3 is 2.48 bits per heavy atom. The molecule has 6 nitrogen and oxygen atoms in total. The summed E-state index contributed by atoms with van der Waals surface area (Å²) in [4.78, 5) is 13.8. The minimum absolute atomic E-state index is 0.0157. The van der Waals surface area contributed by atoms with E-state index in [-0.39, 0.29) is 25.0 Å². The van der Waals surface area contributed by atoms with Gasteiger partial charge in [-0.05, 0) is 19.9 Å². The number of pyridine rings is 1. The van der Waals surface area contributed by atoms with Crippen molar-refractivity contribution < 1.29 is 15.3 Å². The summed E-state index contributed by atoms with van der Waals surface area (Å²) in [6, 6.07) is 1.34. The maximum atomic E-state index is 11.9. The second-order valence-electron chi connectivity index (χ2n) is 5.17. The van der Waals surface area contributed by atoms with Crippen LogP contribution in [-0.4, -0.2) is 44.5 Å². The van der Waals surface area contributed by atoms with Crippen LogP contribution >= 0.6 is 0 Å². The van der Waals surface area contributed by atoms with Crippen LogP contribution < -0.4 is 5.43 Å². The molecule has 6 heteroatoms. The molecule has 1 rings (SSSR count). The summed E-state index contributed by atoms with van der Waals surface area (Å²) >= 11 is 0. The predicted octanol–water partition coefficient (Wildman–Crippen LogP) is 0.831. The van der Waals surface area contributed by atoms with E-state index in [0.29, 0.717) is 31.0 Å². The van der Waals surface area contributed by atoms with E-state index in [9.17, 15) is 15.0 Å². The first-order valence-corrected chi connectivity index (χ1v) is 7.40. The largest absolute Gasteiger partial charge is 0.503 e. The summed E-state index contributed by atoms with van der Waals surface area (Å²) in [6.07, 6.45) is 0.814. The fraction of sp³-hybridized carbons (Fsp3) is 0.667. The standard InChI is InChI=1S/C15H26N2O4/c1-4-11(3)17-12(10-19)8-14(20)15(21)13(17)9-16(5-2)6-7-18/h8,11,18-19,21H,4-7,9-10H2,1-3H3. The Morgan fingerprint density at radius 1 is 1.33 bits per heavy atom. The quantitative estimate of drug-likeness (QED) is 0.662. The topological polar surface area (TPSA) is 85.9 Å². The molecular formula is C15H26N2O4. The highest BCUT2D eigenvalue weighted by molar-refractivity contribution is 5.30. The number of aliphatic hydroxyl groups excluding tert-OH is 2. The Labute approximate surface area is 125 Å². The van der Waals surface area contributed by atoms with Gasteiger partial charge in [0.1, 0.15) is 0 Å². The van der Waals surface area contributed by atoms with Gasteiger partial charge in [0, 0.05) is 30.9 Å². The molecule has 0 fully saturated rings. The van der Waals surface area contributed by atoms with Crippen LogP contribution in [0.5, 0.6) is 5.75 Å². The van der Waals surface area contributed by atoms with Crippen molar-refractivity contribution in [3.8, 4) is 5.75 Å². The molecule has 120 valence electrons. The third kappa shape index (κ3) is 4.06. The molecule has 0 aliphatic rings. The van der Waals surface area contributed by atoms with E-state index < -0.39 is 5.43 Å². The van der Waals surface area contributed by atoms with Gasteiger partial charge in [0.05, 0.1) is 18.9 Å². The molecule has 0 aliphatic heterocycles. The molecule has 1 unspecified atom stereocenters. The zero-order valence-electron chi connectivity index (χ0n) is 13.0. The first kappa shape index (κ1) is 17.7. The molecule has 3 N–H and O–H groups in total. The lowest BCUT2D eigenvalue weighted by molar-refractivity contribution is 0.188. The van der Waals surface area contributed by atoms with Crippen molar-refractivity contribution >= 4 is 0 Å². The molecule has 0 amide bonds. The SMILES string of the molecule is CCC(C)n1c(CO)cc(=O)c(O)c1CN(CC)CCO. The highest BCUT2D eigenvalue weighted by atomic mass is 16.3. The number of hydrogen-bond donors (Lipinski definition) is 3. The van der Waals surface area contributed by atoms with E-state index in [1.165, 1.54) is 6.07 Å². The number of aromatic nitrogens is 1. The van der Waals surface area contributed by atoms with Gasteiger partial charge in [0.2, 0.25) is 5.43 Å². The smallest absolute Gasteiger partial charge is 0.223 e. The molecule has 0 bridgehead atoms. The zero-order valence-corrected chi connectivity index (χ0v) is 13.0. The number of likely N-dealkylation sites (N-methyl/N-ethyl adjacent to an activating group) is 1. The van der Waals surface area contributed by atoms with E-state index >= 15 is 0 Å². The van der Waals surface area contributed by atoms with E-state index in [2.05, 4.69) is 0 Å². The minimum atomic E-state index is -0.478. The van der Waals surface area contributed by atoms with Crippen molar-refractivity contribution in [1.82, 2.24) is 9.47 Å². The average Bonchev–Trinajstić information content (AvgIpc) is 2.49. The van der Waals surface area contributed by atoms with Crippen LogP contribution in [0.4, 0.5) is 0 Å². The van der Waals surface area contributed by atoms with Gasteiger partial charge < -0.3 is 19.9 Å². The van der Waals surface area contributed by atoms with Gasteiger partial charge >= 0.3 is 0 Å². The molecule has 0 saturated heterocycles. The third-order valence-electron chi connectivity index (χ3n) is 3.84. The maximum absolute atomic E-state index is 11.9. The molecule has 1 aromatic rings. The highest BCUT2D eigenvalue weighted by Gasteiger charge is 2.19. The molecule has 1 aromatic heterocycles. The maximum Gasteiger partial charge on any atom is 0.223 e. The van der Waals surface area contributed by atoms with E-state index in [0.717, 1.165) is 6.42 Å². The summed E-state index contributed by atoms with van der Waals surface area (Å²) in [5.74, 6) is -0.274. The summed E-state index contributed by atoms with van der Waals surface area (Å²) < 4.78 is 1.83. The van der Waals surface area contributed by atoms with E-state index in [1.54, 1.807) is 0 Å². The lowest BCUT2D eigenvalue weighted by Crippen LogP contribution is -2.30. The van der Waals surface area contributed by atoms with Crippen LogP contribution in [0.1, 0.15) is 44.6 Å². The lowest BCUT2D eigenvalue weighted by Gasteiger charge is -2.27. The van der Waals surface area contributed by atoms with Gasteiger partial charge in [-0.15, -0.1) is 0 Å². The third-order valence-corrected chi connectivity index (χ3v) is 3.84. The summed E-state index contributed by atoms with van der Waals surface area (Å²) in [6.45, 7) is 7.22. The van der Waals surface area contributed by atoms with Gasteiger partial charge in [-0.2, -0.15) is 0 Å². The van der Waals surface area contributed by atoms with Crippen molar-refractivity contribution in [2.24, 2.45) is 0 Å². The number of rotatable bonds is 8. The van der Waals surface area contributed by atoms with Crippen LogP contribution in [0.15, 0.2) is 10.9 Å². The molecule has 1 heterocycles. The van der Waals surface area contributed by atoms with E-state index in [4.69, 9.17) is 5.11 Å². The fourth-order valence-corrected chi connectivity index (χ4v) is 2.43. The normalized spacial score (nSPS) is 12.9. The summed E-state index contributed by atoms with van der Waals surface area (Å²) in [5.41, 5.74) is 0.520. The molecule has 21 heavy (non-hydrogen) atoms. The van der Waals surface area contributed by atoms with Crippen molar-refractivity contribution in [2.45, 2.75) is 46.4 Å². The van der Waals surface area contributed by atoms with Gasteiger partial charge in [-0.25, -0.2) is 0 Å². The molecule has 0 saturated carbocycles. The molecule has 0 radical (unpaired) electrons. The fourth-order valence-electron chi connectivity index (χ4n) is 2.43. The average molecular weight is 298 g/mol. The van der Waals surface area contributed by atoms with Crippen LogP contribution in [0, 0.1) is 0 Å². The molecule has 1 atom stereocenters. The number of nitrogens with zero attached hydrogens (tertiary/aromatic N) is 2. The Hall–Kier alpha value is -1.37. The van der Waals surface area contributed by atoms with Gasteiger partial charge in [0.15, 0.2) is 5.75 Å². The summed E-state index contributed by atoms with van der Waals surface area (Å²) in [7, 11) is 0. The molecule has 0 aromatic carbocycles. The van der Waals surface area contributed by atoms with Gasteiger partial charge in [0.25, 0.3) is 0 Å². The van der Waals surface area contributed by atoms with Crippen LogP contribution in [0.2, 0.25) is 0 Å². The second-order valence-corrected chi connectivity index (χ2v) is 5.17. The highest BCUT2D eigenvalue weighted by Crippen LogP contribution is 2.23. The van der Waals surface area contributed by atoms with E-state index in [1.807, 2.05) is 30.2 Å². The van der Waals surface area contributed by atoms with Crippen LogP contribution in [-0.2, 0) is 13.2 Å². The zero-order chi connectivity index (χ0) is 16.0. The van der Waals surface area contributed by atoms with Crippen molar-refractivity contribution in [1.29, 1.82) is 0 Å². The van der Waals surface area contributed by atoms with Crippen molar-refractivity contribution in [3.05, 3.63) is 27.7 Å². The monoisotopic (exact) mass is 298 g/mol.